The number of para-hydroxylation sites is 1. The molecule has 0 unspecified atom stereocenters. The topological polar surface area (TPSA) is 30.0 Å². The molecule has 2 aromatic rings. The van der Waals surface area contributed by atoms with Crippen molar-refractivity contribution >= 4 is 27.3 Å². The molecule has 4 rings (SSSR count). The van der Waals surface area contributed by atoms with Gasteiger partial charge in [0.15, 0.2) is 0 Å². The number of hydrogen-bond donors (Lipinski definition) is 0. The van der Waals surface area contributed by atoms with Crippen molar-refractivity contribution in [3.8, 4) is 0 Å². The third kappa shape index (κ3) is 1.20. The lowest BCUT2D eigenvalue weighted by molar-refractivity contribution is -0.123. The number of ketones is 1. The lowest BCUT2D eigenvalue weighted by atomic mass is 9.84. The lowest BCUT2D eigenvalue weighted by Gasteiger charge is -2.21. The van der Waals surface area contributed by atoms with E-state index in [0.717, 1.165) is 29.8 Å². The summed E-state index contributed by atoms with van der Waals surface area (Å²) in [5.74, 6) is 1.07. The summed E-state index contributed by atoms with van der Waals surface area (Å²) < 4.78 is 1.21. The molecule has 1 aromatic heterocycles. The monoisotopic (exact) mass is 243 g/mol. The van der Waals surface area contributed by atoms with Crippen molar-refractivity contribution in [2.24, 2.45) is 5.92 Å². The molecule has 3 heteroatoms. The predicted octanol–water partition coefficient (Wildman–Crippen LogP) is 3.31. The Bertz CT molecular complexity index is 584. The zero-order valence-electron chi connectivity index (χ0n) is 9.48. The Morgan fingerprint density at radius 2 is 2.24 bits per heavy atom. The molecule has 2 atom stereocenters. The van der Waals surface area contributed by atoms with Gasteiger partial charge in [-0.05, 0) is 37.3 Å². The molecule has 1 heterocycles. The van der Waals surface area contributed by atoms with Crippen molar-refractivity contribution < 1.29 is 4.79 Å². The van der Waals surface area contributed by atoms with E-state index in [1.807, 2.05) is 18.2 Å². The molecule has 0 N–H and O–H groups in total. The highest BCUT2D eigenvalue weighted by Crippen LogP contribution is 2.54. The van der Waals surface area contributed by atoms with Crippen LogP contribution < -0.4 is 0 Å². The lowest BCUT2D eigenvalue weighted by Crippen LogP contribution is -2.29. The SMILES string of the molecule is O=C1C[C@@H]2CC[C@@]1(c1nc3ccccc3s1)C2. The fourth-order valence-corrected chi connectivity index (χ4v) is 4.63. The van der Waals surface area contributed by atoms with Crippen LogP contribution in [0.5, 0.6) is 0 Å². The van der Waals surface area contributed by atoms with Gasteiger partial charge in [0.25, 0.3) is 0 Å². The van der Waals surface area contributed by atoms with Crippen LogP contribution in [0.3, 0.4) is 0 Å². The van der Waals surface area contributed by atoms with E-state index in [4.69, 9.17) is 4.98 Å². The number of hydrogen-bond acceptors (Lipinski definition) is 3. The first-order chi connectivity index (χ1) is 8.28. The first-order valence-electron chi connectivity index (χ1n) is 6.17. The van der Waals surface area contributed by atoms with E-state index < -0.39 is 0 Å². The zero-order chi connectivity index (χ0) is 11.5. The van der Waals surface area contributed by atoms with Gasteiger partial charge in [-0.15, -0.1) is 11.3 Å². The molecule has 17 heavy (non-hydrogen) atoms. The van der Waals surface area contributed by atoms with E-state index in [-0.39, 0.29) is 5.41 Å². The summed E-state index contributed by atoms with van der Waals surface area (Å²) in [5.41, 5.74) is 0.846. The van der Waals surface area contributed by atoms with E-state index in [9.17, 15) is 4.79 Å². The predicted molar refractivity (Wildman–Crippen MR) is 68.3 cm³/mol. The molecule has 2 aliphatic carbocycles. The van der Waals surface area contributed by atoms with Crippen LogP contribution in [0.2, 0.25) is 0 Å². The Morgan fingerprint density at radius 3 is 2.94 bits per heavy atom. The highest BCUT2D eigenvalue weighted by molar-refractivity contribution is 7.18. The summed E-state index contributed by atoms with van der Waals surface area (Å²) in [7, 11) is 0. The molecule has 2 aliphatic rings. The summed E-state index contributed by atoms with van der Waals surface area (Å²) in [5, 5.41) is 1.07. The fraction of sp³-hybridized carbons (Fsp3) is 0.429. The Kier molecular flexibility index (Phi) is 1.82. The Labute approximate surface area is 104 Å². The molecule has 2 nitrogen and oxygen atoms in total. The van der Waals surface area contributed by atoms with E-state index in [2.05, 4.69) is 6.07 Å². The number of nitrogens with zero attached hydrogens (tertiary/aromatic N) is 1. The second-order valence-corrected chi connectivity index (χ2v) is 6.34. The van der Waals surface area contributed by atoms with Gasteiger partial charge in [0.05, 0.1) is 15.6 Å². The first-order valence-corrected chi connectivity index (χ1v) is 6.99. The second kappa shape index (κ2) is 3.16. The van der Waals surface area contributed by atoms with Crippen molar-refractivity contribution in [1.82, 2.24) is 4.98 Å². The molecule has 0 aliphatic heterocycles. The van der Waals surface area contributed by atoms with Crippen molar-refractivity contribution in [3.63, 3.8) is 0 Å². The molecule has 1 aromatic carbocycles. The maximum Gasteiger partial charge on any atom is 0.146 e. The van der Waals surface area contributed by atoms with Gasteiger partial charge < -0.3 is 0 Å². The number of fused-ring (bicyclic) bond motifs is 3. The quantitative estimate of drug-likeness (QED) is 0.769. The molecule has 2 saturated carbocycles. The number of benzene rings is 1. The number of Topliss-reactive ketones (excluding diaryl/α,β-unsaturated/α-hetero) is 1. The molecule has 2 fully saturated rings. The van der Waals surface area contributed by atoms with Gasteiger partial charge in [-0.3, -0.25) is 4.79 Å². The largest absolute Gasteiger partial charge is 0.299 e. The summed E-state index contributed by atoms with van der Waals surface area (Å²) >= 11 is 1.72. The van der Waals surface area contributed by atoms with Crippen LogP contribution in [0.25, 0.3) is 10.2 Å². The van der Waals surface area contributed by atoms with E-state index >= 15 is 0 Å². The smallest absolute Gasteiger partial charge is 0.146 e. The van der Waals surface area contributed by atoms with Crippen LogP contribution in [-0.2, 0) is 10.2 Å². The van der Waals surface area contributed by atoms with Gasteiger partial charge >= 0.3 is 0 Å². The van der Waals surface area contributed by atoms with Crippen molar-refractivity contribution in [3.05, 3.63) is 29.3 Å². The van der Waals surface area contributed by atoms with Crippen LogP contribution in [0, 0.1) is 5.92 Å². The number of rotatable bonds is 1. The fourth-order valence-electron chi connectivity index (χ4n) is 3.42. The summed E-state index contributed by atoms with van der Waals surface area (Å²) in [6.07, 6.45) is 4.07. The van der Waals surface area contributed by atoms with Gasteiger partial charge in [-0.25, -0.2) is 4.98 Å². The number of carbonyl (C=O) groups excluding carboxylic acids is 1. The highest BCUT2D eigenvalue weighted by Gasteiger charge is 2.54. The van der Waals surface area contributed by atoms with Crippen LogP contribution in [-0.4, -0.2) is 10.8 Å². The minimum absolute atomic E-state index is 0.200. The molecule has 2 bridgehead atoms. The maximum absolute atomic E-state index is 12.2. The van der Waals surface area contributed by atoms with Crippen molar-refractivity contribution in [2.45, 2.75) is 31.1 Å². The molecule has 0 saturated heterocycles. The highest BCUT2D eigenvalue weighted by atomic mass is 32.1. The molecular weight excluding hydrogens is 230 g/mol. The third-order valence-electron chi connectivity index (χ3n) is 4.33. The van der Waals surface area contributed by atoms with Gasteiger partial charge in [-0.1, -0.05) is 12.1 Å². The number of aromatic nitrogens is 1. The molecule has 0 spiro atoms. The van der Waals surface area contributed by atoms with Crippen LogP contribution in [0.15, 0.2) is 24.3 Å². The standard InChI is InChI=1S/C14H13NOS/c16-12-7-9-5-6-14(12,8-9)13-15-10-3-1-2-4-11(10)17-13/h1-4,9H,5-8H2/t9-,14+/m0/s1. The Balaban J connectivity index is 1.91. The Morgan fingerprint density at radius 1 is 1.35 bits per heavy atom. The summed E-state index contributed by atoms with van der Waals surface area (Å²) in [6.45, 7) is 0. The normalized spacial score (nSPS) is 31.5. The van der Waals surface area contributed by atoms with Crippen LogP contribution in [0.4, 0.5) is 0 Å². The number of carbonyl (C=O) groups is 1. The van der Waals surface area contributed by atoms with Gasteiger partial charge in [0.2, 0.25) is 0 Å². The average molecular weight is 243 g/mol. The second-order valence-electron chi connectivity index (χ2n) is 5.30. The first kappa shape index (κ1) is 9.77. The van der Waals surface area contributed by atoms with Crippen LogP contribution in [0.1, 0.15) is 30.7 Å². The minimum atomic E-state index is -0.200. The zero-order valence-corrected chi connectivity index (χ0v) is 10.3. The van der Waals surface area contributed by atoms with Crippen LogP contribution >= 0.6 is 11.3 Å². The van der Waals surface area contributed by atoms with E-state index in [1.165, 1.54) is 11.1 Å². The summed E-state index contributed by atoms with van der Waals surface area (Å²) in [6, 6.07) is 8.18. The van der Waals surface area contributed by atoms with Gasteiger partial charge in [-0.2, -0.15) is 0 Å². The minimum Gasteiger partial charge on any atom is -0.299 e. The van der Waals surface area contributed by atoms with Crippen molar-refractivity contribution in [1.29, 1.82) is 0 Å². The van der Waals surface area contributed by atoms with Gasteiger partial charge in [0, 0.05) is 6.42 Å². The number of thiazole rings is 1. The Hall–Kier alpha value is -1.22. The van der Waals surface area contributed by atoms with Crippen molar-refractivity contribution in [2.75, 3.05) is 0 Å². The van der Waals surface area contributed by atoms with E-state index in [1.54, 1.807) is 11.3 Å². The molecule has 0 radical (unpaired) electrons. The van der Waals surface area contributed by atoms with Gasteiger partial charge in [0.1, 0.15) is 10.8 Å². The average Bonchev–Trinajstić information content (AvgIpc) is 2.99. The molecular formula is C14H13NOS. The third-order valence-corrected chi connectivity index (χ3v) is 5.57. The maximum atomic E-state index is 12.2. The molecule has 86 valence electrons. The van der Waals surface area contributed by atoms with E-state index in [0.29, 0.717) is 11.7 Å². The summed E-state index contributed by atoms with van der Waals surface area (Å²) in [4.78, 5) is 16.9. The molecule has 0 amide bonds.